The summed E-state index contributed by atoms with van der Waals surface area (Å²) in [6.45, 7) is 4.24. The number of nitrogens with zero attached hydrogens (tertiary/aromatic N) is 3. The Labute approximate surface area is 190 Å². The Bertz CT molecular complexity index is 1020. The molecule has 0 spiro atoms. The summed E-state index contributed by atoms with van der Waals surface area (Å²) in [7, 11) is -3.47. The third-order valence-corrected chi connectivity index (χ3v) is 7.48. The maximum absolute atomic E-state index is 12.6. The van der Waals surface area contributed by atoms with Gasteiger partial charge in [-0.3, -0.25) is 9.69 Å². The lowest BCUT2D eigenvalue weighted by atomic mass is 10.2. The second-order valence-electron chi connectivity index (χ2n) is 8.22. The summed E-state index contributed by atoms with van der Waals surface area (Å²) in [5.41, 5.74) is 2.82. The summed E-state index contributed by atoms with van der Waals surface area (Å²) < 4.78 is 26.6. The van der Waals surface area contributed by atoms with Gasteiger partial charge in [-0.2, -0.15) is 4.31 Å². The first kappa shape index (κ1) is 22.5. The van der Waals surface area contributed by atoms with Crippen LogP contribution in [0.15, 0.2) is 60.0 Å². The first-order chi connectivity index (χ1) is 15.5. The van der Waals surface area contributed by atoms with Gasteiger partial charge in [0.1, 0.15) is 0 Å². The molecule has 0 unspecified atom stereocenters. The van der Waals surface area contributed by atoms with E-state index in [0.29, 0.717) is 26.2 Å². The molecule has 0 radical (unpaired) electrons. The van der Waals surface area contributed by atoms with E-state index >= 15 is 0 Å². The van der Waals surface area contributed by atoms with E-state index in [1.165, 1.54) is 28.2 Å². The highest BCUT2D eigenvalue weighted by Crippen LogP contribution is 2.22. The first-order valence-corrected chi connectivity index (χ1v) is 12.6. The molecule has 0 aromatic heterocycles. The highest BCUT2D eigenvalue weighted by atomic mass is 32.2. The van der Waals surface area contributed by atoms with Crippen LogP contribution < -0.4 is 10.2 Å². The Morgan fingerprint density at radius 3 is 2.19 bits per heavy atom. The topological polar surface area (TPSA) is 73.0 Å². The van der Waals surface area contributed by atoms with Gasteiger partial charge in [-0.1, -0.05) is 30.3 Å². The second kappa shape index (κ2) is 10.3. The number of nitrogens with one attached hydrogen (secondary N) is 1. The monoisotopic (exact) mass is 454 g/mol. The van der Waals surface area contributed by atoms with Crippen LogP contribution in [0.2, 0.25) is 0 Å². The van der Waals surface area contributed by atoms with Crippen molar-refractivity contribution in [1.29, 1.82) is 0 Å². The number of carbonyl (C=O) groups excluding carboxylic acids is 1. The molecule has 2 saturated heterocycles. The van der Waals surface area contributed by atoms with Gasteiger partial charge in [0.25, 0.3) is 0 Å². The molecule has 1 amide bonds. The molecular weight excluding hydrogens is 424 g/mol. The van der Waals surface area contributed by atoms with Crippen molar-refractivity contribution in [2.75, 3.05) is 56.0 Å². The predicted octanol–water partition coefficient (Wildman–Crippen LogP) is 2.84. The fraction of sp³-hybridized carbons (Fsp3) is 0.375. The van der Waals surface area contributed by atoms with Gasteiger partial charge in [0.05, 0.1) is 6.54 Å². The van der Waals surface area contributed by atoms with Gasteiger partial charge < -0.3 is 10.2 Å². The number of rotatable bonds is 7. The minimum Gasteiger partial charge on any atom is -0.372 e. The van der Waals surface area contributed by atoms with Crippen molar-refractivity contribution >= 4 is 33.4 Å². The molecule has 0 bridgehead atoms. The molecular formula is C24H30N4O3S. The van der Waals surface area contributed by atoms with Gasteiger partial charge in [0.2, 0.25) is 15.9 Å². The standard InChI is InChI=1S/C24H30N4O3S/c29-24(25-22-8-10-23(11-9-22)27-13-4-5-14-27)20-26-15-17-28(18-16-26)32(30,31)19-12-21-6-2-1-3-7-21/h1-3,6-12,19H,4-5,13-18,20H2,(H,25,29)/b19-12+. The van der Waals surface area contributed by atoms with Crippen molar-refractivity contribution in [3.05, 3.63) is 65.6 Å². The highest BCUT2D eigenvalue weighted by Gasteiger charge is 2.26. The number of anilines is 2. The summed E-state index contributed by atoms with van der Waals surface area (Å²) in [6, 6.07) is 17.3. The molecule has 2 aromatic carbocycles. The maximum Gasteiger partial charge on any atom is 0.238 e. The van der Waals surface area contributed by atoms with Crippen LogP contribution in [0.4, 0.5) is 11.4 Å². The van der Waals surface area contributed by atoms with Gasteiger partial charge in [-0.25, -0.2) is 8.42 Å². The molecule has 170 valence electrons. The summed E-state index contributed by atoms with van der Waals surface area (Å²) in [6.07, 6.45) is 4.08. The molecule has 32 heavy (non-hydrogen) atoms. The van der Waals surface area contributed by atoms with E-state index in [-0.39, 0.29) is 12.5 Å². The zero-order valence-electron chi connectivity index (χ0n) is 18.2. The number of benzene rings is 2. The largest absolute Gasteiger partial charge is 0.372 e. The molecule has 2 aliphatic rings. The summed E-state index contributed by atoms with van der Waals surface area (Å²) in [5.74, 6) is -0.0841. The molecule has 0 aliphatic carbocycles. The van der Waals surface area contributed by atoms with E-state index in [9.17, 15) is 13.2 Å². The number of hydrogen-bond donors (Lipinski definition) is 1. The fourth-order valence-corrected chi connectivity index (χ4v) is 5.26. The molecule has 2 aliphatic heterocycles. The van der Waals surface area contributed by atoms with Gasteiger partial charge in [0, 0.05) is 56.1 Å². The number of piperazine rings is 1. The Kier molecular flexibility index (Phi) is 7.24. The van der Waals surface area contributed by atoms with Gasteiger partial charge in [-0.05, 0) is 48.7 Å². The van der Waals surface area contributed by atoms with Crippen LogP contribution in [-0.4, -0.2) is 69.3 Å². The number of carbonyl (C=O) groups is 1. The van der Waals surface area contributed by atoms with Crippen molar-refractivity contribution in [2.24, 2.45) is 0 Å². The van der Waals surface area contributed by atoms with E-state index in [4.69, 9.17) is 0 Å². The van der Waals surface area contributed by atoms with Crippen molar-refractivity contribution in [1.82, 2.24) is 9.21 Å². The van der Waals surface area contributed by atoms with E-state index in [2.05, 4.69) is 10.2 Å². The molecule has 0 saturated carbocycles. The van der Waals surface area contributed by atoms with E-state index < -0.39 is 10.0 Å². The minimum atomic E-state index is -3.47. The lowest BCUT2D eigenvalue weighted by Gasteiger charge is -2.32. The Balaban J connectivity index is 1.23. The highest BCUT2D eigenvalue weighted by molar-refractivity contribution is 7.92. The Morgan fingerprint density at radius 1 is 0.875 bits per heavy atom. The predicted molar refractivity (Wildman–Crippen MR) is 129 cm³/mol. The summed E-state index contributed by atoms with van der Waals surface area (Å²) in [4.78, 5) is 16.8. The lowest BCUT2D eigenvalue weighted by molar-refractivity contribution is -0.117. The van der Waals surface area contributed by atoms with Crippen LogP contribution in [0, 0.1) is 0 Å². The van der Waals surface area contributed by atoms with Crippen molar-refractivity contribution < 1.29 is 13.2 Å². The second-order valence-corrected chi connectivity index (χ2v) is 10.0. The summed E-state index contributed by atoms with van der Waals surface area (Å²) >= 11 is 0. The molecule has 2 fully saturated rings. The molecule has 1 N–H and O–H groups in total. The van der Waals surface area contributed by atoms with Crippen molar-refractivity contribution in [3.63, 3.8) is 0 Å². The van der Waals surface area contributed by atoms with Crippen LogP contribution in [0.1, 0.15) is 18.4 Å². The average Bonchev–Trinajstić information content (AvgIpc) is 3.34. The zero-order chi connectivity index (χ0) is 22.4. The van der Waals surface area contributed by atoms with E-state index in [1.807, 2.05) is 59.5 Å². The molecule has 2 heterocycles. The average molecular weight is 455 g/mol. The van der Waals surface area contributed by atoms with E-state index in [1.54, 1.807) is 6.08 Å². The van der Waals surface area contributed by atoms with Crippen LogP contribution in [0.5, 0.6) is 0 Å². The van der Waals surface area contributed by atoms with Crippen LogP contribution in [0.25, 0.3) is 6.08 Å². The number of sulfonamides is 1. The van der Waals surface area contributed by atoms with Crippen LogP contribution in [-0.2, 0) is 14.8 Å². The molecule has 7 nitrogen and oxygen atoms in total. The molecule has 4 rings (SSSR count). The normalized spacial score (nSPS) is 18.3. The van der Waals surface area contributed by atoms with Gasteiger partial charge in [-0.15, -0.1) is 0 Å². The number of hydrogen-bond acceptors (Lipinski definition) is 5. The van der Waals surface area contributed by atoms with Gasteiger partial charge >= 0.3 is 0 Å². The number of amides is 1. The van der Waals surface area contributed by atoms with Gasteiger partial charge in [0.15, 0.2) is 0 Å². The third kappa shape index (κ3) is 5.97. The van der Waals surface area contributed by atoms with Crippen molar-refractivity contribution in [2.45, 2.75) is 12.8 Å². The quantitative estimate of drug-likeness (QED) is 0.697. The van der Waals surface area contributed by atoms with Crippen LogP contribution in [0.3, 0.4) is 0 Å². The van der Waals surface area contributed by atoms with E-state index in [0.717, 1.165) is 24.3 Å². The molecule has 2 aromatic rings. The minimum absolute atomic E-state index is 0.0841. The zero-order valence-corrected chi connectivity index (χ0v) is 19.0. The lowest BCUT2D eigenvalue weighted by Crippen LogP contribution is -2.49. The Morgan fingerprint density at radius 2 is 1.53 bits per heavy atom. The fourth-order valence-electron chi connectivity index (χ4n) is 4.09. The Hall–Kier alpha value is -2.68. The first-order valence-electron chi connectivity index (χ1n) is 11.1. The maximum atomic E-state index is 12.6. The molecule has 0 atom stereocenters. The SMILES string of the molecule is O=C(CN1CCN(S(=O)(=O)/C=C/c2ccccc2)CC1)Nc1ccc(N2CCCC2)cc1. The van der Waals surface area contributed by atoms with Crippen molar-refractivity contribution in [3.8, 4) is 0 Å². The molecule has 8 heteroatoms. The van der Waals surface area contributed by atoms with Crippen LogP contribution >= 0.6 is 0 Å². The summed E-state index contributed by atoms with van der Waals surface area (Å²) in [5, 5.41) is 4.21. The third-order valence-electron chi connectivity index (χ3n) is 5.91. The smallest absolute Gasteiger partial charge is 0.238 e.